The van der Waals surface area contributed by atoms with Gasteiger partial charge in [0.2, 0.25) is 0 Å². The van der Waals surface area contributed by atoms with Gasteiger partial charge >= 0.3 is 0 Å². The van der Waals surface area contributed by atoms with Crippen molar-refractivity contribution in [2.24, 2.45) is 0 Å². The third-order valence-corrected chi connectivity index (χ3v) is 2.76. The Morgan fingerprint density at radius 2 is 1.88 bits per heavy atom. The van der Waals surface area contributed by atoms with Crippen molar-refractivity contribution < 1.29 is 9.47 Å². The van der Waals surface area contributed by atoms with Gasteiger partial charge in [-0.25, -0.2) is 0 Å². The van der Waals surface area contributed by atoms with Gasteiger partial charge in [0.1, 0.15) is 6.10 Å². The lowest BCUT2D eigenvalue weighted by Crippen LogP contribution is -2.38. The zero-order valence-electron chi connectivity index (χ0n) is 10.5. The first-order valence-corrected chi connectivity index (χ1v) is 5.69. The normalized spacial score (nSPS) is 14.2. The summed E-state index contributed by atoms with van der Waals surface area (Å²) >= 11 is 0. The lowest BCUT2D eigenvalue weighted by molar-refractivity contribution is 0.165. The van der Waals surface area contributed by atoms with E-state index in [1.807, 2.05) is 31.3 Å². The van der Waals surface area contributed by atoms with Crippen molar-refractivity contribution in [1.82, 2.24) is 5.32 Å². The summed E-state index contributed by atoms with van der Waals surface area (Å²) in [5, 5.41) is 3.24. The highest BCUT2D eigenvalue weighted by Gasteiger charge is 2.16. The second kappa shape index (κ2) is 6.38. The fourth-order valence-electron chi connectivity index (χ4n) is 1.77. The van der Waals surface area contributed by atoms with E-state index in [0.717, 1.165) is 17.9 Å². The van der Waals surface area contributed by atoms with Crippen LogP contribution in [0, 0.1) is 0 Å². The summed E-state index contributed by atoms with van der Waals surface area (Å²) in [7, 11) is 3.61. The van der Waals surface area contributed by atoms with E-state index in [1.54, 1.807) is 7.11 Å². The summed E-state index contributed by atoms with van der Waals surface area (Å²) in [5.74, 6) is 1.58. The third-order valence-electron chi connectivity index (χ3n) is 2.76. The molecule has 0 bridgehead atoms. The zero-order chi connectivity index (χ0) is 12.0. The minimum Gasteiger partial charge on any atom is -0.493 e. The van der Waals surface area contributed by atoms with Crippen LogP contribution in [0.1, 0.15) is 20.3 Å². The molecule has 0 saturated heterocycles. The van der Waals surface area contributed by atoms with Crippen LogP contribution in [0.5, 0.6) is 11.5 Å². The maximum absolute atomic E-state index is 5.89. The topological polar surface area (TPSA) is 30.5 Å². The third kappa shape index (κ3) is 3.14. The van der Waals surface area contributed by atoms with E-state index in [2.05, 4.69) is 19.2 Å². The van der Waals surface area contributed by atoms with Gasteiger partial charge in [0.15, 0.2) is 11.5 Å². The van der Waals surface area contributed by atoms with Crippen LogP contribution in [0.4, 0.5) is 0 Å². The monoisotopic (exact) mass is 223 g/mol. The zero-order valence-corrected chi connectivity index (χ0v) is 10.5. The highest BCUT2D eigenvalue weighted by atomic mass is 16.5. The quantitative estimate of drug-likeness (QED) is 0.803. The molecule has 0 radical (unpaired) electrons. The van der Waals surface area contributed by atoms with E-state index in [1.165, 1.54) is 0 Å². The Bertz CT molecular complexity index is 311. The first-order valence-electron chi connectivity index (χ1n) is 5.69. The predicted octanol–water partition coefficient (Wildman–Crippen LogP) is 2.46. The SMILES string of the molecule is CCC(NC)C(C)Oc1ccccc1OC. The van der Waals surface area contributed by atoms with Gasteiger partial charge in [0.25, 0.3) is 0 Å². The molecule has 16 heavy (non-hydrogen) atoms. The van der Waals surface area contributed by atoms with Gasteiger partial charge in [-0.15, -0.1) is 0 Å². The molecule has 0 amide bonds. The number of para-hydroxylation sites is 2. The fourth-order valence-corrected chi connectivity index (χ4v) is 1.77. The molecular weight excluding hydrogens is 202 g/mol. The second-order valence-electron chi connectivity index (χ2n) is 3.78. The van der Waals surface area contributed by atoms with Gasteiger partial charge < -0.3 is 14.8 Å². The standard InChI is InChI=1S/C13H21NO2/c1-5-11(14-3)10(2)16-13-9-7-6-8-12(13)15-4/h6-11,14H,5H2,1-4H3. The van der Waals surface area contributed by atoms with Crippen molar-refractivity contribution in [1.29, 1.82) is 0 Å². The van der Waals surface area contributed by atoms with Gasteiger partial charge in [0, 0.05) is 6.04 Å². The van der Waals surface area contributed by atoms with E-state index in [9.17, 15) is 0 Å². The average Bonchev–Trinajstić information content (AvgIpc) is 2.31. The molecule has 0 aliphatic carbocycles. The molecule has 1 rings (SSSR count). The fraction of sp³-hybridized carbons (Fsp3) is 0.538. The smallest absolute Gasteiger partial charge is 0.161 e. The van der Waals surface area contributed by atoms with Gasteiger partial charge in [-0.2, -0.15) is 0 Å². The molecule has 0 saturated carbocycles. The number of hydrogen-bond donors (Lipinski definition) is 1. The molecule has 1 N–H and O–H groups in total. The molecule has 2 atom stereocenters. The minimum atomic E-state index is 0.117. The van der Waals surface area contributed by atoms with Gasteiger partial charge in [-0.1, -0.05) is 19.1 Å². The summed E-state index contributed by atoms with van der Waals surface area (Å²) in [6.07, 6.45) is 1.15. The van der Waals surface area contributed by atoms with Crippen LogP contribution < -0.4 is 14.8 Å². The molecule has 3 heteroatoms. The largest absolute Gasteiger partial charge is 0.493 e. The van der Waals surface area contributed by atoms with Crippen molar-refractivity contribution in [2.75, 3.05) is 14.2 Å². The molecule has 90 valence electrons. The number of benzene rings is 1. The first kappa shape index (κ1) is 12.8. The van der Waals surface area contributed by atoms with E-state index in [-0.39, 0.29) is 6.10 Å². The van der Waals surface area contributed by atoms with Crippen molar-refractivity contribution in [3.8, 4) is 11.5 Å². The maximum Gasteiger partial charge on any atom is 0.161 e. The lowest BCUT2D eigenvalue weighted by atomic mass is 10.1. The van der Waals surface area contributed by atoms with E-state index < -0.39 is 0 Å². The van der Waals surface area contributed by atoms with Crippen LogP contribution in [-0.4, -0.2) is 26.3 Å². The molecule has 0 aliphatic heterocycles. The number of hydrogen-bond acceptors (Lipinski definition) is 3. The number of ether oxygens (including phenoxy) is 2. The summed E-state index contributed by atoms with van der Waals surface area (Å²) in [6.45, 7) is 4.21. The first-order chi connectivity index (χ1) is 7.72. The van der Waals surface area contributed by atoms with Crippen molar-refractivity contribution in [3.05, 3.63) is 24.3 Å². The average molecular weight is 223 g/mol. The Morgan fingerprint density at radius 1 is 1.25 bits per heavy atom. The van der Waals surface area contributed by atoms with Crippen LogP contribution in [0.15, 0.2) is 24.3 Å². The molecule has 0 aromatic heterocycles. The van der Waals surface area contributed by atoms with Crippen LogP contribution >= 0.6 is 0 Å². The van der Waals surface area contributed by atoms with Crippen molar-refractivity contribution in [3.63, 3.8) is 0 Å². The molecule has 0 heterocycles. The molecule has 0 fully saturated rings. The Kier molecular flexibility index (Phi) is 5.12. The molecular formula is C13H21NO2. The van der Waals surface area contributed by atoms with Crippen LogP contribution in [-0.2, 0) is 0 Å². The Morgan fingerprint density at radius 3 is 2.38 bits per heavy atom. The van der Waals surface area contributed by atoms with E-state index in [0.29, 0.717) is 6.04 Å². The van der Waals surface area contributed by atoms with Gasteiger partial charge in [0.05, 0.1) is 7.11 Å². The lowest BCUT2D eigenvalue weighted by Gasteiger charge is -2.24. The van der Waals surface area contributed by atoms with Crippen LogP contribution in [0.3, 0.4) is 0 Å². The molecule has 1 aromatic rings. The Hall–Kier alpha value is -1.22. The summed E-state index contributed by atoms with van der Waals surface area (Å²) in [5.41, 5.74) is 0. The summed E-state index contributed by atoms with van der Waals surface area (Å²) in [6, 6.07) is 8.07. The number of likely N-dealkylation sites (N-methyl/N-ethyl adjacent to an activating group) is 1. The van der Waals surface area contributed by atoms with Gasteiger partial charge in [-0.05, 0) is 32.5 Å². The number of nitrogens with one attached hydrogen (secondary N) is 1. The van der Waals surface area contributed by atoms with Crippen LogP contribution in [0.2, 0.25) is 0 Å². The summed E-state index contributed by atoms with van der Waals surface area (Å²) in [4.78, 5) is 0. The predicted molar refractivity (Wildman–Crippen MR) is 66.2 cm³/mol. The van der Waals surface area contributed by atoms with Crippen molar-refractivity contribution >= 4 is 0 Å². The minimum absolute atomic E-state index is 0.117. The summed E-state index contributed by atoms with van der Waals surface area (Å²) < 4.78 is 11.1. The molecule has 1 aromatic carbocycles. The van der Waals surface area contributed by atoms with Crippen molar-refractivity contribution in [2.45, 2.75) is 32.4 Å². The van der Waals surface area contributed by atoms with Crippen LogP contribution in [0.25, 0.3) is 0 Å². The van der Waals surface area contributed by atoms with E-state index >= 15 is 0 Å². The van der Waals surface area contributed by atoms with Gasteiger partial charge in [-0.3, -0.25) is 0 Å². The molecule has 0 aliphatic rings. The highest BCUT2D eigenvalue weighted by Crippen LogP contribution is 2.27. The number of methoxy groups -OCH3 is 1. The molecule has 2 unspecified atom stereocenters. The second-order valence-corrected chi connectivity index (χ2v) is 3.78. The molecule has 0 spiro atoms. The van der Waals surface area contributed by atoms with E-state index in [4.69, 9.17) is 9.47 Å². The Balaban J connectivity index is 2.71. The molecule has 3 nitrogen and oxygen atoms in total. The maximum atomic E-state index is 5.89. The Labute approximate surface area is 97.8 Å². The number of rotatable bonds is 6. The highest BCUT2D eigenvalue weighted by molar-refractivity contribution is 5.39.